The number of nitrogens with zero attached hydrogens (tertiary/aromatic N) is 3. The van der Waals surface area contributed by atoms with Crippen molar-refractivity contribution in [2.75, 3.05) is 6.54 Å². The number of nitriles is 1. The summed E-state index contributed by atoms with van der Waals surface area (Å²) in [7, 11) is 0. The van der Waals surface area contributed by atoms with Gasteiger partial charge in [-0.25, -0.2) is 4.98 Å². The molecule has 3 aromatic rings. The molecule has 6 nitrogen and oxygen atoms in total. The fraction of sp³-hybridized carbons (Fsp3) is 0.292. The molecule has 1 saturated heterocycles. The molecule has 0 spiro atoms. The minimum absolute atomic E-state index is 0.0540. The first-order chi connectivity index (χ1) is 14.7. The van der Waals surface area contributed by atoms with E-state index in [4.69, 9.17) is 11.0 Å². The van der Waals surface area contributed by atoms with Crippen molar-refractivity contribution in [3.8, 4) is 17.3 Å². The molecule has 1 amide bonds. The molecule has 1 aliphatic rings. The number of carbonyl (C=O) groups is 1. The highest BCUT2D eigenvalue weighted by Crippen LogP contribution is 2.31. The van der Waals surface area contributed by atoms with Gasteiger partial charge in [0.05, 0.1) is 35.6 Å². The predicted octanol–water partition coefficient (Wildman–Crippen LogP) is 3.57. The molecule has 0 radical (unpaired) electrons. The van der Waals surface area contributed by atoms with Crippen LogP contribution in [0.15, 0.2) is 60.8 Å². The Morgan fingerprint density at radius 2 is 1.97 bits per heavy atom. The van der Waals surface area contributed by atoms with Gasteiger partial charge >= 0.3 is 0 Å². The lowest BCUT2D eigenvalue weighted by atomic mass is 9.98. The maximum absolute atomic E-state index is 13.2. The van der Waals surface area contributed by atoms with Crippen LogP contribution in [0.4, 0.5) is 0 Å². The van der Waals surface area contributed by atoms with E-state index in [9.17, 15) is 4.79 Å². The van der Waals surface area contributed by atoms with Crippen molar-refractivity contribution in [1.82, 2.24) is 14.9 Å². The molecule has 1 aromatic heterocycles. The molecule has 0 aliphatic carbocycles. The Hall–Kier alpha value is -3.43. The number of nitrogens with two attached hydrogens (primary N) is 1. The van der Waals surface area contributed by atoms with Gasteiger partial charge in [0, 0.05) is 6.54 Å². The van der Waals surface area contributed by atoms with Gasteiger partial charge in [0.2, 0.25) is 5.91 Å². The van der Waals surface area contributed by atoms with E-state index in [1.165, 1.54) is 0 Å². The number of piperidine rings is 1. The standard InChI is InChI=1S/C24H25N5O/c25-15-18-11-9-17(10-12-18)14-20(26)24(30)29-13-5-4-8-22(29)23-27-16-21(28-23)19-6-2-1-3-7-19/h1-3,6-7,9-12,16,20,22H,4-5,8,13-14,26H2,(H,27,28)/t20-,22-/m0/s1. The summed E-state index contributed by atoms with van der Waals surface area (Å²) in [4.78, 5) is 23.1. The molecule has 6 heteroatoms. The number of hydrogen-bond donors (Lipinski definition) is 2. The van der Waals surface area contributed by atoms with E-state index >= 15 is 0 Å². The Kier molecular flexibility index (Phi) is 5.92. The lowest BCUT2D eigenvalue weighted by Gasteiger charge is -2.36. The molecule has 2 atom stereocenters. The zero-order valence-electron chi connectivity index (χ0n) is 16.8. The third-order valence-electron chi connectivity index (χ3n) is 5.64. The molecule has 0 saturated carbocycles. The van der Waals surface area contributed by atoms with Crippen LogP contribution in [0.2, 0.25) is 0 Å². The van der Waals surface area contributed by atoms with Gasteiger partial charge in [-0.15, -0.1) is 0 Å². The van der Waals surface area contributed by atoms with E-state index < -0.39 is 6.04 Å². The van der Waals surface area contributed by atoms with Crippen LogP contribution in [0.5, 0.6) is 0 Å². The molecular formula is C24H25N5O. The summed E-state index contributed by atoms with van der Waals surface area (Å²) in [6, 6.07) is 18.7. The number of rotatable bonds is 5. The summed E-state index contributed by atoms with van der Waals surface area (Å²) < 4.78 is 0. The van der Waals surface area contributed by atoms with Crippen molar-refractivity contribution in [3.63, 3.8) is 0 Å². The number of aromatic nitrogens is 2. The van der Waals surface area contributed by atoms with Gasteiger partial charge in [0.25, 0.3) is 0 Å². The number of imidazole rings is 1. The highest BCUT2D eigenvalue weighted by Gasteiger charge is 2.32. The van der Waals surface area contributed by atoms with Gasteiger partial charge in [-0.1, -0.05) is 42.5 Å². The monoisotopic (exact) mass is 399 g/mol. The summed E-state index contributed by atoms with van der Waals surface area (Å²) in [6.07, 6.45) is 5.18. The highest BCUT2D eigenvalue weighted by atomic mass is 16.2. The Morgan fingerprint density at radius 3 is 2.70 bits per heavy atom. The fourth-order valence-electron chi connectivity index (χ4n) is 4.02. The zero-order chi connectivity index (χ0) is 20.9. The number of likely N-dealkylation sites (tertiary alicyclic amines) is 1. The van der Waals surface area contributed by atoms with Crippen LogP contribution in [-0.2, 0) is 11.2 Å². The lowest BCUT2D eigenvalue weighted by Crippen LogP contribution is -2.48. The summed E-state index contributed by atoms with van der Waals surface area (Å²) in [5.41, 5.74) is 9.87. The van der Waals surface area contributed by atoms with Gasteiger partial charge < -0.3 is 15.6 Å². The Labute approximate surface area is 176 Å². The molecule has 2 aromatic carbocycles. The number of hydrogen-bond acceptors (Lipinski definition) is 4. The number of carbonyl (C=O) groups excluding carboxylic acids is 1. The number of amides is 1. The van der Waals surface area contributed by atoms with Gasteiger partial charge in [0.1, 0.15) is 5.82 Å². The highest BCUT2D eigenvalue weighted by molar-refractivity contribution is 5.82. The first kappa shape index (κ1) is 19.9. The van der Waals surface area contributed by atoms with Crippen molar-refractivity contribution in [3.05, 3.63) is 77.7 Å². The molecule has 0 unspecified atom stereocenters. The molecule has 0 bridgehead atoms. The summed E-state index contributed by atoms with van der Waals surface area (Å²) in [5, 5.41) is 8.94. The first-order valence-electron chi connectivity index (χ1n) is 10.3. The van der Waals surface area contributed by atoms with Crippen molar-refractivity contribution in [2.45, 2.75) is 37.8 Å². The van der Waals surface area contributed by atoms with Crippen LogP contribution in [0.3, 0.4) is 0 Å². The second kappa shape index (κ2) is 8.93. The third kappa shape index (κ3) is 4.27. The SMILES string of the molecule is N#Cc1ccc(C[C@H](N)C(=O)N2CCCC[C@H]2c2ncc(-c3ccccc3)[nH]2)cc1. The van der Waals surface area contributed by atoms with E-state index in [-0.39, 0.29) is 11.9 Å². The largest absolute Gasteiger partial charge is 0.340 e. The molecule has 2 heterocycles. The minimum atomic E-state index is -0.623. The first-order valence-corrected chi connectivity index (χ1v) is 10.3. The van der Waals surface area contributed by atoms with E-state index in [1.54, 1.807) is 12.1 Å². The fourth-order valence-corrected chi connectivity index (χ4v) is 4.02. The summed E-state index contributed by atoms with van der Waals surface area (Å²) in [5.74, 6) is 0.759. The Bertz CT molecular complexity index is 1040. The van der Waals surface area contributed by atoms with Gasteiger partial charge in [-0.2, -0.15) is 5.26 Å². The van der Waals surface area contributed by atoms with Crippen molar-refractivity contribution in [2.24, 2.45) is 5.73 Å². The summed E-state index contributed by atoms with van der Waals surface area (Å²) >= 11 is 0. The van der Waals surface area contributed by atoms with Gasteiger partial charge in [-0.3, -0.25) is 4.79 Å². The van der Waals surface area contributed by atoms with Crippen LogP contribution in [-0.4, -0.2) is 33.4 Å². The van der Waals surface area contributed by atoms with E-state index in [1.807, 2.05) is 53.6 Å². The number of nitrogens with one attached hydrogen (secondary N) is 1. The Morgan fingerprint density at radius 1 is 1.20 bits per heavy atom. The number of H-pyrrole nitrogens is 1. The maximum atomic E-state index is 13.2. The average molecular weight is 399 g/mol. The van der Waals surface area contributed by atoms with Crippen LogP contribution in [0.1, 0.15) is 42.3 Å². The minimum Gasteiger partial charge on any atom is -0.340 e. The van der Waals surface area contributed by atoms with Crippen LogP contribution in [0, 0.1) is 11.3 Å². The molecule has 4 rings (SSSR count). The quantitative estimate of drug-likeness (QED) is 0.685. The lowest BCUT2D eigenvalue weighted by molar-refractivity contribution is -0.136. The molecule has 152 valence electrons. The van der Waals surface area contributed by atoms with Crippen molar-refractivity contribution < 1.29 is 4.79 Å². The second-order valence-electron chi connectivity index (χ2n) is 7.71. The molecule has 1 aliphatic heterocycles. The molecular weight excluding hydrogens is 374 g/mol. The van der Waals surface area contributed by atoms with Crippen LogP contribution >= 0.6 is 0 Å². The normalized spacial score (nSPS) is 17.3. The Balaban J connectivity index is 1.49. The predicted molar refractivity (Wildman–Crippen MR) is 115 cm³/mol. The maximum Gasteiger partial charge on any atom is 0.240 e. The van der Waals surface area contributed by atoms with Crippen molar-refractivity contribution in [1.29, 1.82) is 5.26 Å². The van der Waals surface area contributed by atoms with E-state index in [2.05, 4.69) is 16.0 Å². The van der Waals surface area contributed by atoms with E-state index in [0.717, 1.165) is 41.9 Å². The van der Waals surface area contributed by atoms with Crippen LogP contribution < -0.4 is 5.73 Å². The molecule has 3 N–H and O–H groups in total. The topological polar surface area (TPSA) is 98.8 Å². The second-order valence-corrected chi connectivity index (χ2v) is 7.71. The van der Waals surface area contributed by atoms with Crippen LogP contribution in [0.25, 0.3) is 11.3 Å². The average Bonchev–Trinajstić information content (AvgIpc) is 3.30. The van der Waals surface area contributed by atoms with Crippen molar-refractivity contribution >= 4 is 5.91 Å². The smallest absolute Gasteiger partial charge is 0.240 e. The molecule has 30 heavy (non-hydrogen) atoms. The van der Waals surface area contributed by atoms with Gasteiger partial charge in [0.15, 0.2) is 0 Å². The molecule has 1 fully saturated rings. The van der Waals surface area contributed by atoms with E-state index in [0.29, 0.717) is 18.5 Å². The van der Waals surface area contributed by atoms with Gasteiger partial charge in [-0.05, 0) is 48.9 Å². The summed E-state index contributed by atoms with van der Waals surface area (Å²) in [6.45, 7) is 0.686. The zero-order valence-corrected chi connectivity index (χ0v) is 16.8. The number of aromatic amines is 1. The number of benzene rings is 2. The third-order valence-corrected chi connectivity index (χ3v) is 5.64.